The minimum Gasteiger partial charge on any atom is -0.416 e. The molecule has 1 unspecified atom stereocenters. The quantitative estimate of drug-likeness (QED) is 0.846. The maximum Gasteiger partial charge on any atom is 0.248 e. The second-order valence-electron chi connectivity index (χ2n) is 7.39. The number of benzene rings is 1. The largest absolute Gasteiger partial charge is 0.416 e. The van der Waals surface area contributed by atoms with E-state index in [9.17, 15) is 10.1 Å². The van der Waals surface area contributed by atoms with E-state index in [1.165, 1.54) is 0 Å². The SMILES string of the molecule is CC(C)Nc1ccc(-c2nnc(C3=CC=C4NC(=O)CCC4C3)o2)cc1C#N. The number of carbonyl (C=O) groups is 1. The molecule has 0 bridgehead atoms. The number of piperidine rings is 1. The molecule has 0 radical (unpaired) electrons. The summed E-state index contributed by atoms with van der Waals surface area (Å²) in [6, 6.07) is 7.92. The number of rotatable bonds is 4. The number of fused-ring (bicyclic) bond motifs is 1. The number of hydrogen-bond acceptors (Lipinski definition) is 6. The lowest BCUT2D eigenvalue weighted by molar-refractivity contribution is -0.121. The van der Waals surface area contributed by atoms with Crippen molar-refractivity contribution in [2.24, 2.45) is 5.92 Å². The lowest BCUT2D eigenvalue weighted by atomic mass is 9.85. The summed E-state index contributed by atoms with van der Waals surface area (Å²) < 4.78 is 5.89. The highest BCUT2D eigenvalue weighted by atomic mass is 16.4. The third-order valence-corrected chi connectivity index (χ3v) is 4.90. The molecular formula is C21H21N5O2. The summed E-state index contributed by atoms with van der Waals surface area (Å²) in [6.07, 6.45) is 5.97. The van der Waals surface area contributed by atoms with E-state index in [2.05, 4.69) is 26.9 Å². The Labute approximate surface area is 163 Å². The number of nitrogens with one attached hydrogen (secondary N) is 2. The average molecular weight is 375 g/mol. The van der Waals surface area contributed by atoms with Crippen LogP contribution >= 0.6 is 0 Å². The number of amides is 1. The summed E-state index contributed by atoms with van der Waals surface area (Å²) in [5.74, 6) is 1.21. The predicted molar refractivity (Wildman–Crippen MR) is 105 cm³/mol. The van der Waals surface area contributed by atoms with Gasteiger partial charge >= 0.3 is 0 Å². The first-order valence-corrected chi connectivity index (χ1v) is 9.39. The van der Waals surface area contributed by atoms with Crippen LogP contribution in [0.5, 0.6) is 0 Å². The number of anilines is 1. The van der Waals surface area contributed by atoms with Crippen molar-refractivity contribution >= 4 is 17.2 Å². The van der Waals surface area contributed by atoms with E-state index >= 15 is 0 Å². The van der Waals surface area contributed by atoms with Gasteiger partial charge in [-0.3, -0.25) is 4.79 Å². The summed E-state index contributed by atoms with van der Waals surface area (Å²) in [5, 5.41) is 24.0. The van der Waals surface area contributed by atoms with Crippen LogP contribution in [0.4, 0.5) is 5.69 Å². The molecule has 1 aliphatic heterocycles. The van der Waals surface area contributed by atoms with E-state index in [0.29, 0.717) is 29.3 Å². The molecule has 1 amide bonds. The van der Waals surface area contributed by atoms with Gasteiger partial charge in [0.2, 0.25) is 17.7 Å². The molecule has 1 fully saturated rings. The Morgan fingerprint density at radius 1 is 1.29 bits per heavy atom. The van der Waals surface area contributed by atoms with Gasteiger partial charge in [-0.25, -0.2) is 0 Å². The topological polar surface area (TPSA) is 104 Å². The molecule has 1 saturated heterocycles. The molecule has 142 valence electrons. The van der Waals surface area contributed by atoms with Crippen LogP contribution in [0.15, 0.2) is 40.5 Å². The molecule has 0 spiro atoms. The Morgan fingerprint density at radius 2 is 2.11 bits per heavy atom. The van der Waals surface area contributed by atoms with Crippen molar-refractivity contribution < 1.29 is 9.21 Å². The van der Waals surface area contributed by atoms with Gasteiger partial charge in [-0.1, -0.05) is 6.08 Å². The van der Waals surface area contributed by atoms with Crippen molar-refractivity contribution in [3.05, 3.63) is 47.5 Å². The maximum atomic E-state index is 11.5. The van der Waals surface area contributed by atoms with Crippen molar-refractivity contribution in [2.75, 3.05) is 5.32 Å². The Morgan fingerprint density at radius 3 is 2.89 bits per heavy atom. The zero-order valence-electron chi connectivity index (χ0n) is 15.8. The van der Waals surface area contributed by atoms with Gasteiger partial charge in [0.25, 0.3) is 0 Å². The molecule has 2 aliphatic rings. The monoisotopic (exact) mass is 375 g/mol. The van der Waals surface area contributed by atoms with E-state index < -0.39 is 0 Å². The van der Waals surface area contributed by atoms with Gasteiger partial charge in [0.1, 0.15) is 6.07 Å². The third kappa shape index (κ3) is 3.54. The molecule has 1 aromatic heterocycles. The molecule has 2 N–H and O–H groups in total. The molecular weight excluding hydrogens is 354 g/mol. The van der Waals surface area contributed by atoms with Crippen molar-refractivity contribution in [1.29, 1.82) is 5.26 Å². The minimum absolute atomic E-state index is 0.0723. The molecule has 1 atom stereocenters. The van der Waals surface area contributed by atoms with Crippen LogP contribution in [-0.2, 0) is 4.79 Å². The molecule has 2 heterocycles. The Kier molecular flexibility index (Phi) is 4.70. The lowest BCUT2D eigenvalue weighted by Crippen LogP contribution is -2.33. The van der Waals surface area contributed by atoms with Gasteiger partial charge in [0.05, 0.1) is 11.3 Å². The zero-order chi connectivity index (χ0) is 19.7. The Hall–Kier alpha value is -3.40. The fourth-order valence-electron chi connectivity index (χ4n) is 3.53. The Bertz CT molecular complexity index is 1030. The highest BCUT2D eigenvalue weighted by Gasteiger charge is 2.28. The number of allylic oxidation sites excluding steroid dienone is 4. The second-order valence-corrected chi connectivity index (χ2v) is 7.39. The van der Waals surface area contributed by atoms with E-state index in [1.54, 1.807) is 6.07 Å². The molecule has 2 aromatic rings. The molecule has 4 rings (SSSR count). The zero-order valence-corrected chi connectivity index (χ0v) is 15.8. The first-order valence-electron chi connectivity index (χ1n) is 9.39. The molecule has 1 aromatic carbocycles. The number of carbonyl (C=O) groups excluding carboxylic acids is 1. The molecule has 7 heteroatoms. The smallest absolute Gasteiger partial charge is 0.248 e. The van der Waals surface area contributed by atoms with Crippen molar-refractivity contribution in [3.8, 4) is 17.5 Å². The van der Waals surface area contributed by atoms with Gasteiger partial charge in [0, 0.05) is 35.2 Å². The summed E-state index contributed by atoms with van der Waals surface area (Å²) in [5.41, 5.74) is 3.96. The van der Waals surface area contributed by atoms with E-state index in [1.807, 2.05) is 38.1 Å². The van der Waals surface area contributed by atoms with E-state index in [-0.39, 0.29) is 17.9 Å². The Balaban J connectivity index is 1.58. The highest BCUT2D eigenvalue weighted by molar-refractivity contribution is 5.80. The number of nitrogens with zero attached hydrogens (tertiary/aromatic N) is 3. The van der Waals surface area contributed by atoms with Crippen LogP contribution in [0, 0.1) is 17.2 Å². The predicted octanol–water partition coefficient (Wildman–Crippen LogP) is 3.63. The lowest BCUT2D eigenvalue weighted by Gasteiger charge is -2.28. The minimum atomic E-state index is 0.0723. The number of aromatic nitrogens is 2. The molecule has 7 nitrogen and oxygen atoms in total. The summed E-state index contributed by atoms with van der Waals surface area (Å²) in [7, 11) is 0. The summed E-state index contributed by atoms with van der Waals surface area (Å²) >= 11 is 0. The summed E-state index contributed by atoms with van der Waals surface area (Å²) in [4.78, 5) is 11.5. The maximum absolute atomic E-state index is 11.5. The van der Waals surface area contributed by atoms with Crippen LogP contribution in [0.1, 0.15) is 44.6 Å². The van der Waals surface area contributed by atoms with Crippen LogP contribution in [-0.4, -0.2) is 22.1 Å². The fraction of sp³-hybridized carbons (Fsp3) is 0.333. The first-order chi connectivity index (χ1) is 13.5. The molecule has 0 saturated carbocycles. The number of nitriles is 1. The van der Waals surface area contributed by atoms with Crippen LogP contribution < -0.4 is 10.6 Å². The summed E-state index contributed by atoms with van der Waals surface area (Å²) in [6.45, 7) is 4.05. The van der Waals surface area contributed by atoms with Gasteiger partial charge in [-0.15, -0.1) is 10.2 Å². The second kappa shape index (κ2) is 7.31. The molecule has 28 heavy (non-hydrogen) atoms. The van der Waals surface area contributed by atoms with E-state index in [4.69, 9.17) is 4.42 Å². The standard InChI is InChI=1S/C21H21N5O2/c1-12(2)23-18-7-4-15(10-16(18)11-22)21-26-25-20(28-21)14-3-6-17-13(9-14)5-8-19(27)24-17/h3-4,6-7,10,12-13,23H,5,8-9H2,1-2H3,(H,24,27). The highest BCUT2D eigenvalue weighted by Crippen LogP contribution is 2.35. The number of hydrogen-bond donors (Lipinski definition) is 2. The first kappa shape index (κ1) is 18.0. The van der Waals surface area contributed by atoms with E-state index in [0.717, 1.165) is 29.8 Å². The van der Waals surface area contributed by atoms with Gasteiger partial charge in [-0.2, -0.15) is 5.26 Å². The van der Waals surface area contributed by atoms with Crippen LogP contribution in [0.2, 0.25) is 0 Å². The molecule has 1 aliphatic carbocycles. The van der Waals surface area contributed by atoms with Gasteiger partial charge in [-0.05, 0) is 51.0 Å². The fourth-order valence-corrected chi connectivity index (χ4v) is 3.53. The third-order valence-electron chi connectivity index (χ3n) is 4.90. The van der Waals surface area contributed by atoms with Crippen molar-refractivity contribution in [2.45, 2.75) is 39.2 Å². The van der Waals surface area contributed by atoms with Crippen molar-refractivity contribution in [3.63, 3.8) is 0 Å². The van der Waals surface area contributed by atoms with Crippen LogP contribution in [0.3, 0.4) is 0 Å². The van der Waals surface area contributed by atoms with Gasteiger partial charge < -0.3 is 15.1 Å². The average Bonchev–Trinajstić information content (AvgIpc) is 3.17. The normalized spacial score (nSPS) is 18.6. The van der Waals surface area contributed by atoms with Crippen molar-refractivity contribution in [1.82, 2.24) is 15.5 Å². The van der Waals surface area contributed by atoms with Crippen LogP contribution in [0.25, 0.3) is 17.0 Å². The van der Waals surface area contributed by atoms with Gasteiger partial charge in [0.15, 0.2) is 0 Å².